The van der Waals surface area contributed by atoms with Crippen LogP contribution in [0.3, 0.4) is 0 Å². The van der Waals surface area contributed by atoms with Crippen LogP contribution in [0.2, 0.25) is 0 Å². The third kappa shape index (κ3) is 2.62. The van der Waals surface area contributed by atoms with Gasteiger partial charge in [0.2, 0.25) is 0 Å². The molecule has 0 aliphatic rings. The fraction of sp³-hybridized carbons (Fsp3) is 0.167. The number of nitrogens with one attached hydrogen (secondary N) is 1. The van der Waals surface area contributed by atoms with Crippen molar-refractivity contribution in [2.24, 2.45) is 0 Å². The van der Waals surface area contributed by atoms with Crippen LogP contribution in [-0.2, 0) is 6.54 Å². The number of methoxy groups -OCH3 is 1. The number of aromatic nitrogens is 1. The number of Topliss-reactive ketones (excluding diaryl/α,β-unsaturated/α-hetero) is 1. The Balaban J connectivity index is 2.14. The molecule has 0 radical (unpaired) electrons. The molecule has 0 spiro atoms. The number of carbonyl (C=O) groups is 1. The molecule has 0 fully saturated rings. The lowest BCUT2D eigenvalue weighted by Crippen LogP contribution is -2.18. The van der Waals surface area contributed by atoms with Crippen LogP contribution in [-0.4, -0.2) is 17.5 Å². The van der Waals surface area contributed by atoms with Crippen LogP contribution >= 0.6 is 11.3 Å². The van der Waals surface area contributed by atoms with Gasteiger partial charge in [0.15, 0.2) is 10.6 Å². The highest BCUT2D eigenvalue weighted by Crippen LogP contribution is 2.12. The highest BCUT2D eigenvalue weighted by Gasteiger charge is 2.07. The Morgan fingerprint density at radius 1 is 1.41 bits per heavy atom. The van der Waals surface area contributed by atoms with E-state index in [2.05, 4.69) is 0 Å². The fourth-order valence-corrected chi connectivity index (χ4v) is 2.05. The van der Waals surface area contributed by atoms with E-state index >= 15 is 0 Å². The third-order valence-corrected chi connectivity index (χ3v) is 3.12. The molecule has 88 valence electrons. The molecule has 1 heterocycles. The molecule has 0 amide bonds. The van der Waals surface area contributed by atoms with E-state index in [0.717, 1.165) is 5.75 Å². The van der Waals surface area contributed by atoms with E-state index in [9.17, 15) is 4.79 Å². The average molecular weight is 248 g/mol. The van der Waals surface area contributed by atoms with Crippen molar-refractivity contribution in [2.75, 3.05) is 7.11 Å². The zero-order chi connectivity index (χ0) is 12.3. The van der Waals surface area contributed by atoms with Gasteiger partial charge in [-0.15, -0.1) is 11.3 Å². The van der Waals surface area contributed by atoms with E-state index in [0.29, 0.717) is 10.4 Å². The van der Waals surface area contributed by atoms with Crippen LogP contribution in [0.5, 0.6) is 5.75 Å². The smallest absolute Gasteiger partial charge is 0.182 e. The van der Waals surface area contributed by atoms with Crippen molar-refractivity contribution >= 4 is 17.1 Å². The predicted octanol–water partition coefficient (Wildman–Crippen LogP) is 1.92. The van der Waals surface area contributed by atoms with Crippen LogP contribution in [0, 0.1) is 5.41 Å². The van der Waals surface area contributed by atoms with Gasteiger partial charge in [0.25, 0.3) is 0 Å². The molecule has 1 aromatic carbocycles. The molecule has 0 aliphatic heterocycles. The number of carbonyl (C=O) groups excluding carboxylic acids is 1. The Morgan fingerprint density at radius 2 is 2.12 bits per heavy atom. The van der Waals surface area contributed by atoms with Crippen molar-refractivity contribution in [3.05, 3.63) is 46.2 Å². The number of ether oxygens (including phenoxy) is 1. The van der Waals surface area contributed by atoms with E-state index in [4.69, 9.17) is 10.1 Å². The minimum absolute atomic E-state index is 0.00967. The number of nitrogens with zero attached hydrogens (tertiary/aromatic N) is 1. The van der Waals surface area contributed by atoms with Gasteiger partial charge in [0.1, 0.15) is 5.75 Å². The lowest BCUT2D eigenvalue weighted by molar-refractivity contribution is 0.0971. The summed E-state index contributed by atoms with van der Waals surface area (Å²) < 4.78 is 6.65. The van der Waals surface area contributed by atoms with Gasteiger partial charge in [-0.25, -0.2) is 0 Å². The summed E-state index contributed by atoms with van der Waals surface area (Å²) >= 11 is 1.31. The summed E-state index contributed by atoms with van der Waals surface area (Å²) in [5.41, 5.74) is 0.629. The van der Waals surface area contributed by atoms with E-state index in [1.54, 1.807) is 47.5 Å². The largest absolute Gasteiger partial charge is 0.497 e. The second-order valence-electron chi connectivity index (χ2n) is 3.49. The van der Waals surface area contributed by atoms with Crippen LogP contribution in [0.15, 0.2) is 35.8 Å². The summed E-state index contributed by atoms with van der Waals surface area (Å²) in [6.07, 6.45) is 1.74. The Bertz CT molecular complexity index is 569. The number of ketones is 1. The van der Waals surface area contributed by atoms with Gasteiger partial charge >= 0.3 is 0 Å². The Hall–Kier alpha value is -1.88. The summed E-state index contributed by atoms with van der Waals surface area (Å²) in [5, 5.41) is 9.38. The van der Waals surface area contributed by atoms with Crippen molar-refractivity contribution in [1.82, 2.24) is 4.57 Å². The molecule has 0 saturated heterocycles. The topological polar surface area (TPSA) is 55.1 Å². The fourth-order valence-electron chi connectivity index (χ4n) is 1.45. The normalized spacial score (nSPS) is 10.2. The molecule has 0 unspecified atom stereocenters. The third-order valence-electron chi connectivity index (χ3n) is 2.41. The van der Waals surface area contributed by atoms with Gasteiger partial charge in [-0.2, -0.15) is 0 Å². The maximum atomic E-state index is 11.9. The first-order valence-corrected chi connectivity index (χ1v) is 5.94. The Labute approximate surface area is 103 Å². The molecular weight excluding hydrogens is 236 g/mol. The molecule has 2 aromatic rings. The van der Waals surface area contributed by atoms with Crippen molar-refractivity contribution < 1.29 is 9.53 Å². The molecule has 0 aliphatic carbocycles. The number of rotatable bonds is 4. The summed E-state index contributed by atoms with van der Waals surface area (Å²) in [6, 6.07) is 6.98. The number of hydrogen-bond donors (Lipinski definition) is 1. The van der Waals surface area contributed by atoms with E-state index < -0.39 is 0 Å². The molecule has 0 saturated carbocycles. The highest BCUT2D eigenvalue weighted by atomic mass is 32.1. The zero-order valence-corrected chi connectivity index (χ0v) is 10.2. The monoisotopic (exact) mass is 248 g/mol. The molecular formula is C12H12N2O2S. The average Bonchev–Trinajstić information content (AvgIpc) is 2.75. The standard InChI is InChI=1S/C12H12N2O2S/c1-16-10-4-2-9(3-5-10)11(15)8-14-6-7-17-12(14)13/h2-7,13H,8H2,1H3. The maximum Gasteiger partial charge on any atom is 0.182 e. The van der Waals surface area contributed by atoms with Crippen LogP contribution < -0.4 is 9.54 Å². The second-order valence-corrected chi connectivity index (χ2v) is 4.38. The predicted molar refractivity (Wildman–Crippen MR) is 65.5 cm³/mol. The lowest BCUT2D eigenvalue weighted by atomic mass is 10.1. The van der Waals surface area contributed by atoms with Gasteiger partial charge in [-0.05, 0) is 24.3 Å². The molecule has 0 atom stereocenters. The van der Waals surface area contributed by atoms with Crippen molar-refractivity contribution in [2.45, 2.75) is 6.54 Å². The number of benzene rings is 1. The molecule has 4 nitrogen and oxygen atoms in total. The van der Waals surface area contributed by atoms with E-state index in [1.807, 2.05) is 0 Å². The quantitative estimate of drug-likeness (QED) is 0.840. The summed E-state index contributed by atoms with van der Waals surface area (Å²) in [4.78, 5) is 12.3. The first-order chi connectivity index (χ1) is 8.20. The van der Waals surface area contributed by atoms with E-state index in [-0.39, 0.29) is 12.3 Å². The van der Waals surface area contributed by atoms with Gasteiger partial charge in [-0.1, -0.05) is 0 Å². The molecule has 17 heavy (non-hydrogen) atoms. The van der Waals surface area contributed by atoms with Gasteiger partial charge in [0, 0.05) is 17.1 Å². The molecule has 1 aromatic heterocycles. The van der Waals surface area contributed by atoms with E-state index in [1.165, 1.54) is 11.3 Å². The van der Waals surface area contributed by atoms with Gasteiger partial charge in [0.05, 0.1) is 13.7 Å². The summed E-state index contributed by atoms with van der Waals surface area (Å²) in [6.45, 7) is 0.203. The van der Waals surface area contributed by atoms with Crippen LogP contribution in [0.1, 0.15) is 10.4 Å². The SMILES string of the molecule is COc1ccc(C(=O)Cn2ccsc2=N)cc1. The van der Waals surface area contributed by atoms with Crippen molar-refractivity contribution in [3.8, 4) is 5.75 Å². The van der Waals surface area contributed by atoms with Gasteiger partial charge < -0.3 is 9.30 Å². The number of thiazole rings is 1. The molecule has 5 heteroatoms. The maximum absolute atomic E-state index is 11.9. The second kappa shape index (κ2) is 4.97. The number of hydrogen-bond acceptors (Lipinski definition) is 4. The summed E-state index contributed by atoms with van der Waals surface area (Å²) in [7, 11) is 1.59. The van der Waals surface area contributed by atoms with Crippen LogP contribution in [0.25, 0.3) is 0 Å². The first kappa shape index (κ1) is 11.6. The first-order valence-electron chi connectivity index (χ1n) is 5.06. The van der Waals surface area contributed by atoms with Crippen molar-refractivity contribution in [1.29, 1.82) is 5.41 Å². The summed E-state index contributed by atoms with van der Waals surface area (Å²) in [5.74, 6) is 0.718. The molecule has 1 N–H and O–H groups in total. The Kier molecular flexibility index (Phi) is 3.39. The Morgan fingerprint density at radius 3 is 2.65 bits per heavy atom. The minimum atomic E-state index is -0.00967. The van der Waals surface area contributed by atoms with Gasteiger partial charge in [-0.3, -0.25) is 10.2 Å². The van der Waals surface area contributed by atoms with Crippen molar-refractivity contribution in [3.63, 3.8) is 0 Å². The zero-order valence-electron chi connectivity index (χ0n) is 9.34. The van der Waals surface area contributed by atoms with Crippen LogP contribution in [0.4, 0.5) is 0 Å². The highest BCUT2D eigenvalue weighted by molar-refractivity contribution is 7.06. The minimum Gasteiger partial charge on any atom is -0.497 e. The molecule has 2 rings (SSSR count). The molecule has 0 bridgehead atoms. The lowest BCUT2D eigenvalue weighted by Gasteiger charge is -2.03.